The van der Waals surface area contributed by atoms with Crippen molar-refractivity contribution in [2.24, 2.45) is 70.3 Å². The average molecular weight is 1060 g/mol. The van der Waals surface area contributed by atoms with Crippen LogP contribution in [0.1, 0.15) is 53.8 Å². The van der Waals surface area contributed by atoms with Crippen LogP contribution in [0.5, 0.6) is 0 Å². The molecule has 0 radical (unpaired) electrons. The predicted molar refractivity (Wildman–Crippen MR) is 279 cm³/mol. The van der Waals surface area contributed by atoms with Gasteiger partial charge in [0, 0.05) is 118 Å². The maximum Gasteiger partial charge on any atom is 0.332 e. The minimum absolute atomic E-state index is 0.0315. The Labute approximate surface area is 441 Å². The van der Waals surface area contributed by atoms with E-state index in [0.29, 0.717) is 20.2 Å². The molecule has 0 atom stereocenters. The number of imidazole rings is 5. The van der Waals surface area contributed by atoms with Gasteiger partial charge < -0.3 is 22.8 Å². The second kappa shape index (κ2) is 21.5. The number of aromatic nitrogens is 20. The van der Waals surface area contributed by atoms with E-state index in [2.05, 4.69) is 24.9 Å². The highest BCUT2D eigenvalue weighted by Crippen LogP contribution is 2.06. The van der Waals surface area contributed by atoms with Crippen LogP contribution in [0.2, 0.25) is 0 Å². The lowest BCUT2D eigenvalue weighted by Crippen LogP contribution is -2.39. The lowest BCUT2D eigenvalue weighted by atomic mass is 10.5. The van der Waals surface area contributed by atoms with Gasteiger partial charge in [-0.05, 0) is 34.6 Å². The molecule has 0 fully saturated rings. The van der Waals surface area contributed by atoms with E-state index in [1.807, 2.05) is 0 Å². The Balaban J connectivity index is 0.000000177. The molecule has 0 amide bonds. The predicted octanol–water partition coefficient (Wildman–Crippen LogP) is -2.73. The molecule has 0 saturated heterocycles. The van der Waals surface area contributed by atoms with Gasteiger partial charge >= 0.3 is 28.4 Å². The smallest absolute Gasteiger partial charge is 0.328 e. The van der Waals surface area contributed by atoms with Crippen molar-refractivity contribution >= 4 is 55.8 Å². The third-order valence-corrected chi connectivity index (χ3v) is 11.6. The van der Waals surface area contributed by atoms with Gasteiger partial charge in [-0.25, -0.2) is 48.9 Å². The highest BCUT2D eigenvalue weighted by Gasteiger charge is 2.17. The molecule has 0 aliphatic rings. The number of hydrogen-bond acceptors (Lipinski definition) is 15. The van der Waals surface area contributed by atoms with Crippen molar-refractivity contribution < 1.29 is 19.2 Å². The van der Waals surface area contributed by atoms with Crippen LogP contribution in [0.25, 0.3) is 55.8 Å². The van der Waals surface area contributed by atoms with Crippen LogP contribution in [-0.2, 0) is 103 Å². The van der Waals surface area contributed by atoms with E-state index in [-0.39, 0.29) is 94.4 Å². The van der Waals surface area contributed by atoms with Crippen LogP contribution in [0.3, 0.4) is 0 Å². The maximum absolute atomic E-state index is 12.1. The molecule has 0 saturated carbocycles. The Morgan fingerprint density at radius 3 is 0.933 bits per heavy atom. The topological polar surface area (TPSA) is 309 Å². The van der Waals surface area contributed by atoms with Crippen molar-refractivity contribution in [3.63, 3.8) is 0 Å². The summed E-state index contributed by atoms with van der Waals surface area (Å²) in [5.41, 5.74) is -6.22. The van der Waals surface area contributed by atoms with E-state index in [4.69, 9.17) is 19.2 Å². The molecular weight excluding hydrogens is 981 g/mol. The fraction of sp³-hybridized carbons (Fsp3) is 0.444. The summed E-state index contributed by atoms with van der Waals surface area (Å²) in [6.07, 6.45) is 1.90. The van der Waals surface area contributed by atoms with Gasteiger partial charge in [-0.3, -0.25) is 69.6 Å². The van der Waals surface area contributed by atoms with Gasteiger partial charge in [0.2, 0.25) is 0 Å². The third-order valence-electron chi connectivity index (χ3n) is 11.6. The van der Waals surface area contributed by atoms with Crippen molar-refractivity contribution in [1.29, 1.82) is 0 Å². The minimum atomic E-state index is -2.76. The zero-order chi connectivity index (χ0) is 67.7. The fourth-order valence-corrected chi connectivity index (χ4v) is 7.65. The molecule has 10 aromatic heterocycles. The average Bonchev–Trinajstić information content (AvgIpc) is 1.76. The molecule has 30 nitrogen and oxygen atoms in total. The summed E-state index contributed by atoms with van der Waals surface area (Å²) in [4.78, 5) is 139. The van der Waals surface area contributed by atoms with Gasteiger partial charge in [0.15, 0.2) is 55.8 Å². The summed E-state index contributed by atoms with van der Waals surface area (Å²) in [5, 5.41) is 0. The molecule has 75 heavy (non-hydrogen) atoms. The summed E-state index contributed by atoms with van der Waals surface area (Å²) in [5.74, 6) is 0. The lowest BCUT2D eigenvalue weighted by Gasteiger charge is -2.05. The van der Waals surface area contributed by atoms with Gasteiger partial charge in [-0.15, -0.1) is 0 Å². The number of hydrogen-bond donors (Lipinski definition) is 0. The Kier molecular flexibility index (Phi) is 11.0. The van der Waals surface area contributed by atoms with Crippen LogP contribution in [0.15, 0.2) is 79.5 Å². The van der Waals surface area contributed by atoms with Crippen molar-refractivity contribution in [3.05, 3.63) is 136 Å². The third kappa shape index (κ3) is 9.28. The van der Waals surface area contributed by atoms with Crippen LogP contribution >= 0.6 is 0 Å². The largest absolute Gasteiger partial charge is 0.332 e. The van der Waals surface area contributed by atoms with E-state index < -0.39 is 83.7 Å². The zero-order valence-electron chi connectivity index (χ0n) is 56.5. The molecular formula is C45H60N20O10. The highest BCUT2D eigenvalue weighted by molar-refractivity contribution is 5.72. The van der Waals surface area contributed by atoms with Crippen molar-refractivity contribution in [2.45, 2.75) is 67.3 Å². The second-order valence-electron chi connectivity index (χ2n) is 16.0. The standard InChI is InChI=1S/5C9H12N4O2/c5*1-4-13-8(14)6-7(10-5-11(6)2)12(3)9(13)15/h5*5H,4H2,1-3H3/i4D2,5D;3D3,5D;5D;3D3;2D3. The molecule has 0 aliphatic carbocycles. The minimum Gasteiger partial charge on any atom is -0.328 e. The number of aryl methyl sites for hydroxylation is 10. The maximum atomic E-state index is 12.1. The Morgan fingerprint density at radius 1 is 0.360 bits per heavy atom. The molecule has 0 spiro atoms. The lowest BCUT2D eigenvalue weighted by molar-refractivity contribution is 0.635. The van der Waals surface area contributed by atoms with E-state index in [0.717, 1.165) is 45.2 Å². The number of fused-ring (bicyclic) bond motifs is 5. The molecule has 0 aromatic carbocycles. The first-order valence-electron chi connectivity index (χ1n) is 29.2. The molecule has 10 heterocycles. The Hall–Kier alpha value is -9.25. The van der Waals surface area contributed by atoms with Crippen molar-refractivity contribution in [1.82, 2.24) is 93.4 Å². The normalized spacial score (nSPS) is 14.6. The van der Waals surface area contributed by atoms with Gasteiger partial charge in [0.05, 0.1) is 31.6 Å². The summed E-state index contributed by atoms with van der Waals surface area (Å²) in [6, 6.07) is 0. The second-order valence-corrected chi connectivity index (χ2v) is 16.0. The molecule has 0 unspecified atom stereocenters. The molecule has 0 N–H and O–H groups in total. The monoisotopic (exact) mass is 1050 g/mol. The first-order chi connectivity index (χ1) is 40.9. The van der Waals surface area contributed by atoms with E-state index >= 15 is 0 Å². The van der Waals surface area contributed by atoms with Gasteiger partial charge in [-0.1, -0.05) is 0 Å². The van der Waals surface area contributed by atoms with Crippen LogP contribution in [0, 0.1) is 0 Å². The number of nitrogens with zero attached hydrogens (tertiary/aromatic N) is 20. The van der Waals surface area contributed by atoms with Crippen LogP contribution in [0.4, 0.5) is 0 Å². The quantitative estimate of drug-likeness (QED) is 0.169. The molecule has 0 aliphatic heterocycles. The molecule has 10 aromatic rings. The molecule has 0 bridgehead atoms. The van der Waals surface area contributed by atoms with E-state index in [1.54, 1.807) is 48.8 Å². The summed E-state index contributed by atoms with van der Waals surface area (Å²) in [7, 11) is 10.4. The summed E-state index contributed by atoms with van der Waals surface area (Å²) < 4.78 is 119. The Bertz CT molecular complexity index is 5110. The van der Waals surface area contributed by atoms with Gasteiger partial charge in [-0.2, -0.15) is 0 Å². The van der Waals surface area contributed by atoms with Crippen molar-refractivity contribution in [2.75, 3.05) is 0 Å². The van der Waals surface area contributed by atoms with E-state index in [9.17, 15) is 47.9 Å². The molecule has 400 valence electrons. The van der Waals surface area contributed by atoms with Gasteiger partial charge in [0.25, 0.3) is 27.8 Å². The van der Waals surface area contributed by atoms with Gasteiger partial charge in [0.1, 0.15) is 4.11 Å². The first-order valence-corrected chi connectivity index (χ1v) is 22.2. The summed E-state index contributed by atoms with van der Waals surface area (Å²) >= 11 is 0. The van der Waals surface area contributed by atoms with Crippen LogP contribution in [-0.4, -0.2) is 93.4 Å². The molecule has 10 rings (SSSR count). The highest BCUT2D eigenvalue weighted by atomic mass is 16.2. The van der Waals surface area contributed by atoms with Crippen molar-refractivity contribution in [3.8, 4) is 0 Å². The number of rotatable bonds is 5. The molecule has 30 heteroatoms. The van der Waals surface area contributed by atoms with Crippen LogP contribution < -0.4 is 56.2 Å². The Morgan fingerprint density at radius 2 is 0.613 bits per heavy atom. The zero-order valence-corrected chi connectivity index (χ0v) is 42.5. The van der Waals surface area contributed by atoms with E-state index in [1.165, 1.54) is 57.4 Å². The fourth-order valence-electron chi connectivity index (χ4n) is 7.65. The first kappa shape index (κ1) is 38.4. The SMILES string of the molecule is [2H]C([2H])([2H])n1c(=O)n(CC)c(=O)c2c1ncn2C.[2H]C([2H])([2H])n1cnc2c1c(=O)n(CC)c(=O)n2C.[2H]c1nc2c(c(=O)n(C([2H])([2H])C)c(=O)n2C)n1C.[2H]c1nc2c(c(=O)n(CC)c(=O)n2C([2H])([2H])[2H])n1C.[2H]c1nc2c(c(=O)n(CC)c(=O)n2C)n1C. The summed E-state index contributed by atoms with van der Waals surface area (Å²) in [6.45, 7) is -1.76.